The van der Waals surface area contributed by atoms with E-state index in [4.69, 9.17) is 4.74 Å². The van der Waals surface area contributed by atoms with Crippen LogP contribution in [-0.2, 0) is 0 Å². The van der Waals surface area contributed by atoms with Crippen LogP contribution >= 0.6 is 22.6 Å². The van der Waals surface area contributed by atoms with Crippen LogP contribution in [0.2, 0.25) is 0 Å². The number of H-pyrrole nitrogens is 1. The predicted molar refractivity (Wildman–Crippen MR) is 75.5 cm³/mol. The van der Waals surface area contributed by atoms with E-state index in [9.17, 15) is 14.9 Å². The normalized spacial score (nSPS) is 10.2. The number of aryl methyl sites for hydroxylation is 1. The van der Waals surface area contributed by atoms with Gasteiger partial charge in [0.2, 0.25) is 5.88 Å². The summed E-state index contributed by atoms with van der Waals surface area (Å²) in [4.78, 5) is 27.9. The first-order valence-electron chi connectivity index (χ1n) is 5.15. The van der Waals surface area contributed by atoms with Crippen molar-refractivity contribution in [1.82, 2.24) is 9.97 Å². The van der Waals surface area contributed by atoms with E-state index in [0.717, 1.165) is 0 Å². The number of hydrogen-bond acceptors (Lipinski definition) is 5. The Balaban J connectivity index is 2.43. The molecule has 0 aliphatic carbocycles. The Kier molecular flexibility index (Phi) is 3.79. The number of benzene rings is 1. The Morgan fingerprint density at radius 2 is 2.21 bits per heavy atom. The average molecular weight is 373 g/mol. The molecule has 2 rings (SSSR count). The van der Waals surface area contributed by atoms with Gasteiger partial charge in [-0.15, -0.1) is 0 Å². The number of nitrogens with zero attached hydrogens (tertiary/aromatic N) is 2. The molecule has 1 N–H and O–H groups in total. The van der Waals surface area contributed by atoms with Gasteiger partial charge in [0.15, 0.2) is 0 Å². The van der Waals surface area contributed by atoms with Gasteiger partial charge in [-0.25, -0.2) is 4.98 Å². The molecule has 1 heterocycles. The molecule has 2 aromatic rings. The van der Waals surface area contributed by atoms with Crippen molar-refractivity contribution in [1.29, 1.82) is 0 Å². The molecule has 8 heteroatoms. The zero-order chi connectivity index (χ0) is 14.0. The molecule has 1 aromatic heterocycles. The van der Waals surface area contributed by atoms with Crippen molar-refractivity contribution in [2.24, 2.45) is 0 Å². The number of non-ortho nitro benzene ring substituents is 1. The van der Waals surface area contributed by atoms with Gasteiger partial charge in [-0.3, -0.25) is 14.9 Å². The number of nitro groups is 1. The molecule has 0 saturated carbocycles. The lowest BCUT2D eigenvalue weighted by Crippen LogP contribution is -2.11. The molecule has 0 spiro atoms. The first-order chi connectivity index (χ1) is 8.99. The van der Waals surface area contributed by atoms with Gasteiger partial charge in [0.1, 0.15) is 9.32 Å². The van der Waals surface area contributed by atoms with Crippen LogP contribution in [0.4, 0.5) is 5.69 Å². The minimum absolute atomic E-state index is 0.0829. The third kappa shape index (κ3) is 2.89. The summed E-state index contributed by atoms with van der Waals surface area (Å²) in [5, 5.41) is 10.7. The van der Waals surface area contributed by atoms with Crippen molar-refractivity contribution in [2.45, 2.75) is 6.92 Å². The summed E-state index contributed by atoms with van der Waals surface area (Å²) in [6.07, 6.45) is 1.21. The highest BCUT2D eigenvalue weighted by molar-refractivity contribution is 14.1. The molecule has 7 nitrogen and oxygen atoms in total. The topological polar surface area (TPSA) is 98.1 Å². The van der Waals surface area contributed by atoms with E-state index in [0.29, 0.717) is 11.3 Å². The predicted octanol–water partition coefficient (Wildman–Crippen LogP) is 2.38. The van der Waals surface area contributed by atoms with E-state index in [2.05, 4.69) is 9.97 Å². The van der Waals surface area contributed by atoms with Crippen molar-refractivity contribution in [3.8, 4) is 11.6 Å². The van der Waals surface area contributed by atoms with Gasteiger partial charge in [-0.1, -0.05) is 0 Å². The van der Waals surface area contributed by atoms with Crippen LogP contribution < -0.4 is 10.3 Å². The van der Waals surface area contributed by atoms with Crippen molar-refractivity contribution in [3.05, 3.63) is 54.1 Å². The third-order valence-electron chi connectivity index (χ3n) is 2.35. The summed E-state index contributed by atoms with van der Waals surface area (Å²) in [7, 11) is 0. The van der Waals surface area contributed by atoms with Crippen LogP contribution in [0.1, 0.15) is 5.56 Å². The summed E-state index contributed by atoms with van der Waals surface area (Å²) < 4.78 is 5.75. The molecule has 0 bridgehead atoms. The summed E-state index contributed by atoms with van der Waals surface area (Å²) in [5.41, 5.74) is 0.303. The highest BCUT2D eigenvalue weighted by Gasteiger charge is 2.13. The Morgan fingerprint density at radius 1 is 1.47 bits per heavy atom. The Labute approximate surface area is 120 Å². The van der Waals surface area contributed by atoms with Gasteiger partial charge in [0, 0.05) is 6.07 Å². The molecule has 0 fully saturated rings. The van der Waals surface area contributed by atoms with Crippen LogP contribution in [0.25, 0.3) is 0 Å². The van der Waals surface area contributed by atoms with Crippen LogP contribution in [0.5, 0.6) is 11.6 Å². The zero-order valence-electron chi connectivity index (χ0n) is 9.71. The molecule has 0 aliphatic heterocycles. The molecular formula is C11H8IN3O4. The summed E-state index contributed by atoms with van der Waals surface area (Å²) in [6, 6.07) is 4.26. The summed E-state index contributed by atoms with van der Waals surface area (Å²) in [5.74, 6) is 0.415. The molecule has 0 amide bonds. The lowest BCUT2D eigenvalue weighted by Gasteiger charge is -2.08. The van der Waals surface area contributed by atoms with E-state index in [1.807, 2.05) is 0 Å². The molecule has 0 aliphatic rings. The third-order valence-corrected chi connectivity index (χ3v) is 3.31. The van der Waals surface area contributed by atoms with E-state index in [-0.39, 0.29) is 20.7 Å². The summed E-state index contributed by atoms with van der Waals surface area (Å²) in [6.45, 7) is 1.75. The van der Waals surface area contributed by atoms with Crippen LogP contribution in [0, 0.1) is 20.6 Å². The molecule has 1 aromatic carbocycles. The fraction of sp³-hybridized carbons (Fsp3) is 0.0909. The Morgan fingerprint density at radius 3 is 2.89 bits per heavy atom. The lowest BCUT2D eigenvalue weighted by atomic mass is 10.2. The molecule has 0 atom stereocenters. The second-order valence-corrected chi connectivity index (χ2v) is 4.74. The van der Waals surface area contributed by atoms with Gasteiger partial charge in [0.05, 0.1) is 17.3 Å². The second-order valence-electron chi connectivity index (χ2n) is 3.66. The Hall–Kier alpha value is -1.97. The standard InChI is InChI=1S/C11H8IN3O4/c1-6-2-3-7(15(17)18)4-8(6)19-11-9(12)10(16)13-5-14-11/h2-5H,1H3,(H,13,14,16). The molecule has 19 heavy (non-hydrogen) atoms. The number of aromatic amines is 1. The van der Waals surface area contributed by atoms with Gasteiger partial charge in [0.25, 0.3) is 11.2 Å². The van der Waals surface area contributed by atoms with E-state index in [1.165, 1.54) is 18.5 Å². The fourth-order valence-corrected chi connectivity index (χ4v) is 1.76. The maximum atomic E-state index is 11.4. The molecule has 0 unspecified atom stereocenters. The number of nitrogens with one attached hydrogen (secondary N) is 1. The summed E-state index contributed by atoms with van der Waals surface area (Å²) >= 11 is 1.80. The first-order valence-corrected chi connectivity index (χ1v) is 6.23. The van der Waals surface area contributed by atoms with Gasteiger partial charge < -0.3 is 9.72 Å². The van der Waals surface area contributed by atoms with E-state index >= 15 is 0 Å². The van der Waals surface area contributed by atoms with Crippen LogP contribution in [0.15, 0.2) is 29.3 Å². The maximum Gasteiger partial charge on any atom is 0.273 e. The van der Waals surface area contributed by atoms with Crippen molar-refractivity contribution >= 4 is 28.3 Å². The Bertz CT molecular complexity index is 699. The van der Waals surface area contributed by atoms with E-state index < -0.39 is 4.92 Å². The number of ether oxygens (including phenoxy) is 1. The van der Waals surface area contributed by atoms with Crippen LogP contribution in [-0.4, -0.2) is 14.9 Å². The van der Waals surface area contributed by atoms with Crippen molar-refractivity contribution in [3.63, 3.8) is 0 Å². The quantitative estimate of drug-likeness (QED) is 0.506. The maximum absolute atomic E-state index is 11.4. The van der Waals surface area contributed by atoms with Crippen molar-refractivity contribution in [2.75, 3.05) is 0 Å². The highest BCUT2D eigenvalue weighted by atomic mass is 127. The number of nitro benzene ring substituents is 1. The fourth-order valence-electron chi connectivity index (χ4n) is 1.35. The number of hydrogen-bond donors (Lipinski definition) is 1. The average Bonchev–Trinajstić information content (AvgIpc) is 2.37. The number of rotatable bonds is 3. The molecule has 0 saturated heterocycles. The highest BCUT2D eigenvalue weighted by Crippen LogP contribution is 2.28. The monoisotopic (exact) mass is 373 g/mol. The smallest absolute Gasteiger partial charge is 0.273 e. The van der Waals surface area contributed by atoms with Crippen LogP contribution in [0.3, 0.4) is 0 Å². The zero-order valence-corrected chi connectivity index (χ0v) is 11.9. The molecule has 98 valence electrons. The van der Waals surface area contributed by atoms with Gasteiger partial charge in [-0.2, -0.15) is 0 Å². The second kappa shape index (κ2) is 5.34. The van der Waals surface area contributed by atoms with Crippen molar-refractivity contribution < 1.29 is 9.66 Å². The molecule has 0 radical (unpaired) electrons. The number of halogens is 1. The number of aromatic nitrogens is 2. The van der Waals surface area contributed by atoms with Gasteiger partial charge >= 0.3 is 0 Å². The minimum Gasteiger partial charge on any atom is -0.437 e. The SMILES string of the molecule is Cc1ccc([N+](=O)[O-])cc1Oc1nc[nH]c(=O)c1I. The van der Waals surface area contributed by atoms with E-state index in [1.54, 1.807) is 35.6 Å². The lowest BCUT2D eigenvalue weighted by molar-refractivity contribution is -0.384. The first kappa shape index (κ1) is 13.5. The minimum atomic E-state index is -0.511. The van der Waals surface area contributed by atoms with Gasteiger partial charge in [-0.05, 0) is 41.1 Å². The largest absolute Gasteiger partial charge is 0.437 e. The molecular weight excluding hydrogens is 365 g/mol.